The van der Waals surface area contributed by atoms with Crippen LogP contribution in [0.25, 0.3) is 32.9 Å². The molecule has 0 spiro atoms. The Morgan fingerprint density at radius 1 is 1.09 bits per heavy atom. The van der Waals surface area contributed by atoms with E-state index in [4.69, 9.17) is 22.1 Å². The van der Waals surface area contributed by atoms with Crippen molar-refractivity contribution in [3.63, 3.8) is 0 Å². The van der Waals surface area contributed by atoms with Gasteiger partial charge in [-0.25, -0.2) is 0 Å². The summed E-state index contributed by atoms with van der Waals surface area (Å²) in [5.41, 5.74) is 10.4. The monoisotopic (exact) mass is 477 g/mol. The van der Waals surface area contributed by atoms with E-state index in [0.29, 0.717) is 16.1 Å². The first-order chi connectivity index (χ1) is 16.2. The number of aromatic nitrogens is 1. The Bertz CT molecular complexity index is 1400. The molecule has 0 atom stereocenters. The number of carbonyl (C=O) groups is 1. The summed E-state index contributed by atoms with van der Waals surface area (Å²) in [7, 11) is 0. The number of amides is 1. The Hall–Kier alpha value is -2.90. The lowest BCUT2D eigenvalue weighted by atomic mass is 9.95. The molecule has 0 bridgehead atoms. The van der Waals surface area contributed by atoms with Gasteiger partial charge in [-0.3, -0.25) is 9.69 Å². The number of hydrogen-bond donors (Lipinski definition) is 3. The van der Waals surface area contributed by atoms with E-state index >= 15 is 0 Å². The summed E-state index contributed by atoms with van der Waals surface area (Å²) < 4.78 is 5.43. The average Bonchev–Trinajstić information content (AvgIpc) is 3.17. The van der Waals surface area contributed by atoms with E-state index in [2.05, 4.69) is 16.0 Å². The number of carbonyl (C=O) groups excluding carboxylic acids is 1. The van der Waals surface area contributed by atoms with Gasteiger partial charge in [0.05, 0.1) is 29.9 Å². The van der Waals surface area contributed by atoms with E-state index < -0.39 is 11.5 Å². The fourth-order valence-electron chi connectivity index (χ4n) is 4.60. The highest BCUT2D eigenvalue weighted by Gasteiger charge is 2.20. The van der Waals surface area contributed by atoms with Gasteiger partial charge in [0.2, 0.25) is 0 Å². The van der Waals surface area contributed by atoms with Crippen molar-refractivity contribution >= 4 is 39.3 Å². The van der Waals surface area contributed by atoms with Crippen LogP contribution in [0, 0.1) is 0 Å². The molecule has 0 saturated carbocycles. The average molecular weight is 478 g/mol. The van der Waals surface area contributed by atoms with Gasteiger partial charge in [0, 0.05) is 40.9 Å². The summed E-state index contributed by atoms with van der Waals surface area (Å²) in [5, 5.41) is 13.0. The van der Waals surface area contributed by atoms with Crippen LogP contribution in [0.3, 0.4) is 0 Å². The fourth-order valence-corrected chi connectivity index (χ4v) is 4.84. The smallest absolute Gasteiger partial charge is 0.250 e. The van der Waals surface area contributed by atoms with E-state index in [9.17, 15) is 9.90 Å². The number of halogens is 1. The van der Waals surface area contributed by atoms with Gasteiger partial charge in [0.1, 0.15) is 0 Å². The maximum atomic E-state index is 12.4. The third-order valence-electron chi connectivity index (χ3n) is 6.56. The van der Waals surface area contributed by atoms with Crippen LogP contribution in [0.15, 0.2) is 48.5 Å². The number of benzene rings is 3. The van der Waals surface area contributed by atoms with E-state index in [1.807, 2.05) is 42.5 Å². The lowest BCUT2D eigenvalue weighted by molar-refractivity contribution is 0.0342. The third kappa shape index (κ3) is 4.30. The standard InChI is InChI=1S/C27H28ClN3O3/c1-27(2,33)19-5-6-20-21-11-18(12-22(26(29)32)25(21)30-24(20)14-19)16-3-4-17(23(28)13-16)15-31-7-9-34-10-8-31/h3-6,11-14,30,33H,7-10,15H2,1-2H3,(H2,29,32). The van der Waals surface area contributed by atoms with E-state index in [-0.39, 0.29) is 0 Å². The molecule has 7 heteroatoms. The summed E-state index contributed by atoms with van der Waals surface area (Å²) >= 11 is 6.67. The molecule has 4 aromatic rings. The van der Waals surface area contributed by atoms with Gasteiger partial charge in [-0.15, -0.1) is 0 Å². The minimum Gasteiger partial charge on any atom is -0.386 e. The van der Waals surface area contributed by atoms with Gasteiger partial charge in [0.25, 0.3) is 5.91 Å². The molecule has 0 aliphatic carbocycles. The molecule has 5 rings (SSSR count). The molecule has 0 unspecified atom stereocenters. The number of fused-ring (bicyclic) bond motifs is 3. The number of H-pyrrole nitrogens is 1. The maximum absolute atomic E-state index is 12.4. The zero-order valence-electron chi connectivity index (χ0n) is 19.3. The van der Waals surface area contributed by atoms with Crippen molar-refractivity contribution in [3.05, 3.63) is 70.2 Å². The number of morpholine rings is 1. The van der Waals surface area contributed by atoms with Crippen LogP contribution in [-0.2, 0) is 16.9 Å². The molecule has 1 aliphatic rings. The van der Waals surface area contributed by atoms with Crippen molar-refractivity contribution in [1.29, 1.82) is 0 Å². The van der Waals surface area contributed by atoms with Crippen LogP contribution in [0.1, 0.15) is 35.3 Å². The molecule has 1 amide bonds. The number of aromatic amines is 1. The highest BCUT2D eigenvalue weighted by molar-refractivity contribution is 6.31. The predicted octanol–water partition coefficient (Wildman–Crippen LogP) is 4.80. The normalized spacial score (nSPS) is 15.3. The number of nitrogens with one attached hydrogen (secondary N) is 1. The molecule has 1 fully saturated rings. The second-order valence-electron chi connectivity index (χ2n) is 9.45. The molecular formula is C27H28ClN3O3. The molecule has 1 aliphatic heterocycles. The largest absolute Gasteiger partial charge is 0.386 e. The van der Waals surface area contributed by atoms with E-state index in [1.165, 1.54) is 0 Å². The van der Waals surface area contributed by atoms with Gasteiger partial charge in [0.15, 0.2) is 0 Å². The molecule has 1 saturated heterocycles. The number of nitrogens with zero attached hydrogens (tertiary/aromatic N) is 1. The number of rotatable bonds is 5. The summed E-state index contributed by atoms with van der Waals surface area (Å²) in [6.07, 6.45) is 0. The van der Waals surface area contributed by atoms with Crippen LogP contribution in [0.4, 0.5) is 0 Å². The topological polar surface area (TPSA) is 91.6 Å². The van der Waals surface area contributed by atoms with E-state index in [0.717, 1.165) is 71.4 Å². The van der Waals surface area contributed by atoms with Crippen LogP contribution >= 0.6 is 11.6 Å². The second kappa shape index (κ2) is 8.71. The lowest BCUT2D eigenvalue weighted by Gasteiger charge is -2.27. The molecule has 3 aromatic carbocycles. The highest BCUT2D eigenvalue weighted by atomic mass is 35.5. The summed E-state index contributed by atoms with van der Waals surface area (Å²) in [6, 6.07) is 15.7. The van der Waals surface area contributed by atoms with Gasteiger partial charge >= 0.3 is 0 Å². The highest BCUT2D eigenvalue weighted by Crippen LogP contribution is 2.35. The van der Waals surface area contributed by atoms with E-state index in [1.54, 1.807) is 13.8 Å². The number of aliphatic hydroxyl groups is 1. The molecule has 4 N–H and O–H groups in total. The third-order valence-corrected chi connectivity index (χ3v) is 6.92. The number of ether oxygens (including phenoxy) is 1. The minimum absolute atomic E-state index is 0.419. The Morgan fingerprint density at radius 3 is 2.53 bits per heavy atom. The molecule has 176 valence electrons. The summed E-state index contributed by atoms with van der Waals surface area (Å²) in [4.78, 5) is 18.0. The van der Waals surface area contributed by atoms with Crippen molar-refractivity contribution < 1.29 is 14.6 Å². The fraction of sp³-hybridized carbons (Fsp3) is 0.296. The lowest BCUT2D eigenvalue weighted by Crippen LogP contribution is -2.35. The van der Waals surface area contributed by atoms with Gasteiger partial charge in [-0.1, -0.05) is 35.9 Å². The SMILES string of the molecule is CC(C)(O)c1ccc2c(c1)[nH]c1c(C(N)=O)cc(-c3ccc(CN4CCOCC4)c(Cl)c3)cc12. The Kier molecular flexibility index (Phi) is 5.86. The number of nitrogens with two attached hydrogens (primary N) is 1. The first-order valence-corrected chi connectivity index (χ1v) is 11.8. The van der Waals surface area contributed by atoms with Crippen LogP contribution in [-0.4, -0.2) is 47.2 Å². The molecule has 1 aromatic heterocycles. The van der Waals surface area contributed by atoms with Gasteiger partial charge < -0.3 is 20.6 Å². The zero-order chi connectivity index (χ0) is 24.0. The minimum atomic E-state index is -0.969. The second-order valence-corrected chi connectivity index (χ2v) is 9.86. The van der Waals surface area contributed by atoms with Crippen molar-refractivity contribution in [2.75, 3.05) is 26.3 Å². The molecule has 6 nitrogen and oxygen atoms in total. The Balaban J connectivity index is 1.58. The Morgan fingerprint density at radius 2 is 1.85 bits per heavy atom. The van der Waals surface area contributed by atoms with Gasteiger partial charge in [-0.2, -0.15) is 0 Å². The quantitative estimate of drug-likeness (QED) is 0.385. The number of primary amides is 1. The number of hydrogen-bond acceptors (Lipinski definition) is 4. The first kappa shape index (κ1) is 22.9. The maximum Gasteiger partial charge on any atom is 0.250 e. The van der Waals surface area contributed by atoms with Crippen LogP contribution in [0.5, 0.6) is 0 Å². The van der Waals surface area contributed by atoms with Gasteiger partial charge in [-0.05, 0) is 60.4 Å². The first-order valence-electron chi connectivity index (χ1n) is 11.4. The van der Waals surface area contributed by atoms with Crippen LogP contribution < -0.4 is 5.73 Å². The zero-order valence-corrected chi connectivity index (χ0v) is 20.1. The molecule has 34 heavy (non-hydrogen) atoms. The summed E-state index contributed by atoms with van der Waals surface area (Å²) in [5.74, 6) is -0.504. The molecule has 2 heterocycles. The molecule has 0 radical (unpaired) electrons. The van der Waals surface area contributed by atoms with Crippen molar-refractivity contribution in [2.24, 2.45) is 5.73 Å². The predicted molar refractivity (Wildman–Crippen MR) is 136 cm³/mol. The molecular weight excluding hydrogens is 450 g/mol. The van der Waals surface area contributed by atoms with Crippen molar-refractivity contribution in [2.45, 2.75) is 26.0 Å². The Labute approximate surface area is 203 Å². The van der Waals surface area contributed by atoms with Crippen LogP contribution in [0.2, 0.25) is 5.02 Å². The van der Waals surface area contributed by atoms with Crippen molar-refractivity contribution in [3.8, 4) is 11.1 Å². The van der Waals surface area contributed by atoms with Crippen molar-refractivity contribution in [1.82, 2.24) is 9.88 Å². The summed E-state index contributed by atoms with van der Waals surface area (Å²) in [6.45, 7) is 7.55.